The summed E-state index contributed by atoms with van der Waals surface area (Å²) in [7, 11) is 0. The highest BCUT2D eigenvalue weighted by Gasteiger charge is 2.54. The summed E-state index contributed by atoms with van der Waals surface area (Å²) in [4.78, 5) is 4.08. The van der Waals surface area contributed by atoms with E-state index in [0.717, 1.165) is 24.6 Å². The first-order chi connectivity index (χ1) is 10.8. The van der Waals surface area contributed by atoms with Gasteiger partial charge in [0.05, 0.1) is 12.1 Å². The van der Waals surface area contributed by atoms with E-state index in [1.165, 1.54) is 24.8 Å². The monoisotopic (exact) mass is 317 g/mol. The van der Waals surface area contributed by atoms with E-state index in [2.05, 4.69) is 22.2 Å². The third-order valence-electron chi connectivity index (χ3n) is 5.35. The van der Waals surface area contributed by atoms with E-state index in [-0.39, 0.29) is 5.60 Å². The number of rotatable bonds is 4. The predicted octanol–water partition coefficient (Wildman–Crippen LogP) is 3.36. The molecule has 2 aromatic rings. The zero-order valence-electron chi connectivity index (χ0n) is 12.5. The molecule has 1 saturated carbocycles. The lowest BCUT2D eigenvalue weighted by Gasteiger charge is -2.35. The van der Waals surface area contributed by atoms with Crippen molar-refractivity contribution < 1.29 is 4.74 Å². The van der Waals surface area contributed by atoms with Crippen LogP contribution in [0.2, 0.25) is 5.02 Å². The van der Waals surface area contributed by atoms with Crippen molar-refractivity contribution >= 4 is 11.6 Å². The molecule has 2 heterocycles. The topological polar surface area (TPSA) is 39.9 Å². The lowest BCUT2D eigenvalue weighted by atomic mass is 9.81. The van der Waals surface area contributed by atoms with Gasteiger partial charge in [-0.05, 0) is 55.2 Å². The van der Waals surface area contributed by atoms with Gasteiger partial charge < -0.3 is 4.74 Å². The van der Waals surface area contributed by atoms with Gasteiger partial charge in [0.2, 0.25) is 0 Å². The molecule has 4 nitrogen and oxygen atoms in total. The van der Waals surface area contributed by atoms with Crippen LogP contribution in [0.5, 0.6) is 0 Å². The molecule has 1 aromatic heterocycles. The van der Waals surface area contributed by atoms with Crippen LogP contribution in [0.3, 0.4) is 0 Å². The van der Waals surface area contributed by atoms with Crippen molar-refractivity contribution in [3.05, 3.63) is 47.5 Å². The van der Waals surface area contributed by atoms with Crippen LogP contribution in [0.1, 0.15) is 24.8 Å². The second-order valence-corrected chi connectivity index (χ2v) is 6.92. The molecule has 2 aliphatic rings. The van der Waals surface area contributed by atoms with Gasteiger partial charge in [-0.25, -0.2) is 4.98 Å². The number of aromatic nitrogens is 3. The Morgan fingerprint density at radius 2 is 2.09 bits per heavy atom. The van der Waals surface area contributed by atoms with Crippen LogP contribution in [0.4, 0.5) is 0 Å². The van der Waals surface area contributed by atoms with Crippen LogP contribution in [0, 0.1) is 11.8 Å². The van der Waals surface area contributed by atoms with Crippen molar-refractivity contribution in [3.8, 4) is 0 Å². The van der Waals surface area contributed by atoms with Crippen molar-refractivity contribution in [3.63, 3.8) is 0 Å². The maximum atomic E-state index is 6.33. The molecular weight excluding hydrogens is 298 g/mol. The Morgan fingerprint density at radius 1 is 1.23 bits per heavy atom. The van der Waals surface area contributed by atoms with Crippen molar-refractivity contribution in [1.29, 1.82) is 0 Å². The molecule has 1 saturated heterocycles. The van der Waals surface area contributed by atoms with Gasteiger partial charge in [0, 0.05) is 11.6 Å². The molecule has 22 heavy (non-hydrogen) atoms. The van der Waals surface area contributed by atoms with E-state index in [1.807, 2.05) is 16.8 Å². The average molecular weight is 318 g/mol. The molecule has 1 aromatic carbocycles. The molecule has 0 spiro atoms. The van der Waals surface area contributed by atoms with Gasteiger partial charge in [-0.3, -0.25) is 4.68 Å². The highest BCUT2D eigenvalue weighted by molar-refractivity contribution is 6.30. The summed E-state index contributed by atoms with van der Waals surface area (Å²) in [5.41, 5.74) is 1.26. The Hall–Kier alpha value is -1.39. The number of nitrogens with zero attached hydrogens (tertiary/aromatic N) is 3. The molecule has 5 heteroatoms. The normalized spacial score (nSPS) is 30.6. The Morgan fingerprint density at radius 3 is 2.86 bits per heavy atom. The molecule has 3 atom stereocenters. The van der Waals surface area contributed by atoms with Crippen LogP contribution >= 0.6 is 11.6 Å². The first kappa shape index (κ1) is 14.2. The number of hydrogen-bond acceptors (Lipinski definition) is 3. The summed E-state index contributed by atoms with van der Waals surface area (Å²) in [6.45, 7) is 1.69. The third-order valence-corrected chi connectivity index (χ3v) is 5.61. The van der Waals surface area contributed by atoms with E-state index in [1.54, 1.807) is 12.7 Å². The maximum absolute atomic E-state index is 6.33. The summed E-state index contributed by atoms with van der Waals surface area (Å²) < 4.78 is 8.26. The Kier molecular flexibility index (Phi) is 3.66. The quantitative estimate of drug-likeness (QED) is 0.868. The Bertz CT molecular complexity index is 628. The van der Waals surface area contributed by atoms with E-state index < -0.39 is 0 Å². The van der Waals surface area contributed by atoms with Crippen LogP contribution < -0.4 is 0 Å². The number of fused-ring (bicyclic) bond motifs is 1. The lowest BCUT2D eigenvalue weighted by molar-refractivity contribution is -0.0600. The van der Waals surface area contributed by atoms with Crippen molar-refractivity contribution in [2.45, 2.75) is 37.8 Å². The van der Waals surface area contributed by atoms with Crippen LogP contribution in [-0.2, 0) is 17.7 Å². The molecule has 0 radical (unpaired) electrons. The fourth-order valence-corrected chi connectivity index (χ4v) is 4.42. The van der Waals surface area contributed by atoms with E-state index in [9.17, 15) is 0 Å². The molecule has 0 bridgehead atoms. The minimum Gasteiger partial charge on any atom is -0.372 e. The Balaban J connectivity index is 1.58. The fourth-order valence-electron chi connectivity index (χ4n) is 4.29. The van der Waals surface area contributed by atoms with Crippen LogP contribution in [0.25, 0.3) is 0 Å². The number of benzene rings is 1. The minimum absolute atomic E-state index is 0.0761. The van der Waals surface area contributed by atoms with E-state index >= 15 is 0 Å². The minimum atomic E-state index is -0.0761. The molecule has 1 aliphatic heterocycles. The summed E-state index contributed by atoms with van der Waals surface area (Å²) in [5, 5.41) is 5.09. The summed E-state index contributed by atoms with van der Waals surface area (Å²) in [5.74, 6) is 1.18. The molecule has 4 rings (SSSR count). The summed E-state index contributed by atoms with van der Waals surface area (Å²) in [6.07, 6.45) is 8.10. The molecular formula is C17H20ClN3O. The standard InChI is InChI=1S/C17H20ClN3O/c18-16-5-1-13(2-6-16)9-15-4-3-14-7-8-22-17(14,15)10-21-12-19-11-20-21/h1-2,5-6,11-12,14-15H,3-4,7-10H2/t14?,15-,17-/m1/s1. The van der Waals surface area contributed by atoms with Gasteiger partial charge in [-0.15, -0.1) is 0 Å². The van der Waals surface area contributed by atoms with Crippen LogP contribution in [-0.4, -0.2) is 27.0 Å². The molecule has 0 N–H and O–H groups in total. The van der Waals surface area contributed by atoms with Crippen molar-refractivity contribution in [1.82, 2.24) is 14.8 Å². The maximum Gasteiger partial charge on any atom is 0.137 e. The molecule has 116 valence electrons. The second-order valence-electron chi connectivity index (χ2n) is 6.49. The summed E-state index contributed by atoms with van der Waals surface area (Å²) in [6, 6.07) is 8.22. The highest BCUT2D eigenvalue weighted by atomic mass is 35.5. The first-order valence-electron chi connectivity index (χ1n) is 7.97. The van der Waals surface area contributed by atoms with Gasteiger partial charge in [0.1, 0.15) is 12.7 Å². The van der Waals surface area contributed by atoms with Gasteiger partial charge in [0.15, 0.2) is 0 Å². The molecule has 0 amide bonds. The van der Waals surface area contributed by atoms with Gasteiger partial charge in [0.25, 0.3) is 0 Å². The first-order valence-corrected chi connectivity index (χ1v) is 8.35. The second kappa shape index (κ2) is 5.67. The van der Waals surface area contributed by atoms with Gasteiger partial charge in [-0.2, -0.15) is 5.10 Å². The van der Waals surface area contributed by atoms with Crippen molar-refractivity contribution in [2.75, 3.05) is 6.61 Å². The highest BCUT2D eigenvalue weighted by Crippen LogP contribution is 2.51. The zero-order valence-corrected chi connectivity index (χ0v) is 13.2. The Labute approximate surface area is 135 Å². The largest absolute Gasteiger partial charge is 0.372 e. The van der Waals surface area contributed by atoms with Gasteiger partial charge >= 0.3 is 0 Å². The predicted molar refractivity (Wildman–Crippen MR) is 84.7 cm³/mol. The SMILES string of the molecule is Clc1ccc(C[C@H]2CCC3CCO[C@]32Cn2cncn2)cc1. The molecule has 1 aliphatic carbocycles. The summed E-state index contributed by atoms with van der Waals surface area (Å²) >= 11 is 6.00. The zero-order chi connectivity index (χ0) is 15.0. The number of ether oxygens (including phenoxy) is 1. The van der Waals surface area contributed by atoms with Crippen molar-refractivity contribution in [2.24, 2.45) is 11.8 Å². The van der Waals surface area contributed by atoms with E-state index in [4.69, 9.17) is 16.3 Å². The average Bonchev–Trinajstić information content (AvgIpc) is 3.21. The molecule has 1 unspecified atom stereocenters. The third kappa shape index (κ3) is 2.44. The van der Waals surface area contributed by atoms with Gasteiger partial charge in [-0.1, -0.05) is 23.7 Å². The number of hydrogen-bond donors (Lipinski definition) is 0. The number of halogens is 1. The smallest absolute Gasteiger partial charge is 0.137 e. The van der Waals surface area contributed by atoms with Crippen LogP contribution in [0.15, 0.2) is 36.9 Å². The lowest BCUT2D eigenvalue weighted by Crippen LogP contribution is -2.43. The fraction of sp³-hybridized carbons (Fsp3) is 0.529. The van der Waals surface area contributed by atoms with E-state index in [0.29, 0.717) is 11.8 Å². The molecule has 2 fully saturated rings.